The molecule has 0 amide bonds. The van der Waals surface area contributed by atoms with E-state index in [1.807, 2.05) is 6.07 Å². The van der Waals surface area contributed by atoms with Crippen LogP contribution in [0.15, 0.2) is 47.4 Å². The van der Waals surface area contributed by atoms with Gasteiger partial charge in [0.05, 0.1) is 4.90 Å². The average Bonchev–Trinajstić information content (AvgIpc) is 2.88. The van der Waals surface area contributed by atoms with Crippen molar-refractivity contribution in [2.45, 2.75) is 36.0 Å². The molecule has 28 heavy (non-hydrogen) atoms. The molecule has 142 valence electrons. The predicted octanol–water partition coefficient (Wildman–Crippen LogP) is -0.409. The molecule has 2 aromatic carbocycles. The molecular weight excluding hydrogens is 395 g/mol. The summed E-state index contributed by atoms with van der Waals surface area (Å²) in [6, 6.07) is 11.2. The third-order valence-electron chi connectivity index (χ3n) is 5.06. The molecule has 0 bridgehead atoms. The molecule has 0 unspecified atom stereocenters. The van der Waals surface area contributed by atoms with Gasteiger partial charge in [-0.15, -0.1) is 0 Å². The van der Waals surface area contributed by atoms with Crippen LogP contribution in [-0.2, 0) is 25.1 Å². The first-order valence-corrected chi connectivity index (χ1v) is 9.70. The SMILES string of the molecule is O=C(O)CCC1(CCC(=O)O)c2ccccc2-c2ccc(S(=O)(=O)[O-])cc21.[Na+]. The van der Waals surface area contributed by atoms with Crippen molar-refractivity contribution in [1.29, 1.82) is 0 Å². The molecule has 0 heterocycles. The van der Waals surface area contributed by atoms with Gasteiger partial charge in [-0.3, -0.25) is 9.59 Å². The molecule has 0 aromatic heterocycles. The number of hydrogen-bond donors (Lipinski definition) is 2. The zero-order valence-electron chi connectivity index (χ0n) is 15.2. The number of hydrogen-bond acceptors (Lipinski definition) is 5. The van der Waals surface area contributed by atoms with Crippen molar-refractivity contribution in [2.75, 3.05) is 0 Å². The molecule has 0 atom stereocenters. The minimum absolute atomic E-state index is 0. The van der Waals surface area contributed by atoms with Crippen LogP contribution in [0.4, 0.5) is 0 Å². The fraction of sp³-hybridized carbons (Fsp3) is 0.263. The summed E-state index contributed by atoms with van der Waals surface area (Å²) in [5.74, 6) is -2.08. The number of aliphatic carboxylic acids is 2. The van der Waals surface area contributed by atoms with E-state index in [4.69, 9.17) is 0 Å². The molecule has 9 heteroatoms. The van der Waals surface area contributed by atoms with Gasteiger partial charge in [-0.25, -0.2) is 8.42 Å². The maximum Gasteiger partial charge on any atom is 1.00 e. The van der Waals surface area contributed by atoms with Gasteiger partial charge in [-0.2, -0.15) is 0 Å². The normalized spacial score (nSPS) is 13.9. The number of rotatable bonds is 7. The summed E-state index contributed by atoms with van der Waals surface area (Å²) < 4.78 is 34.5. The summed E-state index contributed by atoms with van der Waals surface area (Å²) in [6.07, 6.45) is -0.243. The minimum Gasteiger partial charge on any atom is -0.744 e. The van der Waals surface area contributed by atoms with E-state index in [-0.39, 0.29) is 55.2 Å². The first-order valence-electron chi connectivity index (χ1n) is 8.29. The second-order valence-electron chi connectivity index (χ2n) is 6.58. The maximum atomic E-state index is 11.5. The molecule has 7 nitrogen and oxygen atoms in total. The fourth-order valence-electron chi connectivity index (χ4n) is 3.89. The average molecular weight is 412 g/mol. The van der Waals surface area contributed by atoms with Crippen LogP contribution >= 0.6 is 0 Å². The van der Waals surface area contributed by atoms with Crippen molar-refractivity contribution in [3.8, 4) is 11.1 Å². The molecule has 0 aliphatic heterocycles. The van der Waals surface area contributed by atoms with Crippen LogP contribution in [0.5, 0.6) is 0 Å². The zero-order chi connectivity index (χ0) is 19.8. The van der Waals surface area contributed by atoms with Crippen LogP contribution in [0.1, 0.15) is 36.8 Å². The van der Waals surface area contributed by atoms with E-state index in [1.165, 1.54) is 18.2 Å². The maximum absolute atomic E-state index is 11.5. The van der Waals surface area contributed by atoms with Crippen LogP contribution in [0.25, 0.3) is 11.1 Å². The van der Waals surface area contributed by atoms with Gasteiger partial charge in [0, 0.05) is 18.3 Å². The zero-order valence-corrected chi connectivity index (χ0v) is 18.0. The van der Waals surface area contributed by atoms with Gasteiger partial charge in [-0.05, 0) is 47.2 Å². The Kier molecular flexibility index (Phi) is 6.73. The number of carboxylic acid groups (broad SMARTS) is 2. The van der Waals surface area contributed by atoms with Crippen molar-refractivity contribution in [3.63, 3.8) is 0 Å². The van der Waals surface area contributed by atoms with Crippen LogP contribution in [0.2, 0.25) is 0 Å². The molecule has 2 N–H and O–H groups in total. The monoisotopic (exact) mass is 412 g/mol. The van der Waals surface area contributed by atoms with Gasteiger partial charge in [-0.1, -0.05) is 30.3 Å². The number of fused-ring (bicyclic) bond motifs is 3. The summed E-state index contributed by atoms with van der Waals surface area (Å²) in [6.45, 7) is 0. The van der Waals surface area contributed by atoms with Gasteiger partial charge in [0.15, 0.2) is 0 Å². The smallest absolute Gasteiger partial charge is 0.744 e. The van der Waals surface area contributed by atoms with Crippen molar-refractivity contribution in [3.05, 3.63) is 53.6 Å². The van der Waals surface area contributed by atoms with Gasteiger partial charge in [0.1, 0.15) is 10.1 Å². The molecule has 1 aliphatic rings. The largest absolute Gasteiger partial charge is 1.00 e. The van der Waals surface area contributed by atoms with Crippen LogP contribution in [0, 0.1) is 0 Å². The predicted molar refractivity (Wildman–Crippen MR) is 94.4 cm³/mol. The quantitative estimate of drug-likeness (QED) is 0.467. The van der Waals surface area contributed by atoms with E-state index in [2.05, 4.69) is 0 Å². The van der Waals surface area contributed by atoms with Crippen molar-refractivity contribution in [2.24, 2.45) is 0 Å². The third kappa shape index (κ3) is 4.16. The van der Waals surface area contributed by atoms with Gasteiger partial charge < -0.3 is 14.8 Å². The van der Waals surface area contributed by atoms with Gasteiger partial charge >= 0.3 is 41.5 Å². The Labute approximate surface area is 184 Å². The molecule has 0 saturated carbocycles. The molecular formula is C19H17NaO7S. The topological polar surface area (TPSA) is 132 Å². The van der Waals surface area contributed by atoms with E-state index in [0.717, 1.165) is 11.1 Å². The molecule has 1 aliphatic carbocycles. The Hall–Kier alpha value is -1.71. The second-order valence-corrected chi connectivity index (χ2v) is 7.96. The van der Waals surface area contributed by atoms with E-state index >= 15 is 0 Å². The van der Waals surface area contributed by atoms with Crippen LogP contribution in [-0.4, -0.2) is 35.1 Å². The summed E-state index contributed by atoms with van der Waals surface area (Å²) in [7, 11) is -4.71. The van der Waals surface area contributed by atoms with E-state index in [1.54, 1.807) is 18.2 Å². The number of carbonyl (C=O) groups is 2. The molecule has 3 rings (SSSR count). The van der Waals surface area contributed by atoms with Crippen molar-refractivity contribution >= 4 is 22.1 Å². The third-order valence-corrected chi connectivity index (χ3v) is 5.89. The summed E-state index contributed by atoms with van der Waals surface area (Å²) >= 11 is 0. The minimum atomic E-state index is -4.71. The Morgan fingerprint density at radius 1 is 0.893 bits per heavy atom. The molecule has 0 spiro atoms. The second kappa shape index (κ2) is 8.34. The Morgan fingerprint density at radius 2 is 1.43 bits per heavy atom. The van der Waals surface area contributed by atoms with E-state index in [0.29, 0.717) is 11.1 Å². The summed E-state index contributed by atoms with van der Waals surface area (Å²) in [5.41, 5.74) is 1.74. The Morgan fingerprint density at radius 3 is 1.96 bits per heavy atom. The van der Waals surface area contributed by atoms with Crippen molar-refractivity contribution in [1.82, 2.24) is 0 Å². The number of carboxylic acids is 2. The first kappa shape index (κ1) is 22.6. The van der Waals surface area contributed by atoms with Gasteiger partial charge in [0.25, 0.3) is 0 Å². The Bertz CT molecular complexity index is 1010. The van der Waals surface area contributed by atoms with Crippen molar-refractivity contribution < 1.29 is 62.3 Å². The standard InChI is InChI=1S/C19H18O7S.Na/c20-17(21)7-9-19(10-8-18(22)23)15-4-2-1-3-13(15)14-6-5-12(11-16(14)19)27(24,25)26;/h1-6,11H,7-10H2,(H,20,21)(H,22,23)(H,24,25,26);/q;+1/p-1. The molecule has 0 radical (unpaired) electrons. The van der Waals surface area contributed by atoms with E-state index < -0.39 is 32.4 Å². The first-order chi connectivity index (χ1) is 12.6. The van der Waals surface area contributed by atoms with Gasteiger partial charge in [0.2, 0.25) is 0 Å². The molecule has 0 saturated heterocycles. The summed E-state index contributed by atoms with van der Waals surface area (Å²) in [4.78, 5) is 22.0. The fourth-order valence-corrected chi connectivity index (χ4v) is 4.39. The number of benzene rings is 2. The van der Waals surface area contributed by atoms with E-state index in [9.17, 15) is 32.8 Å². The molecule has 2 aromatic rings. The van der Waals surface area contributed by atoms with Crippen LogP contribution < -0.4 is 29.6 Å². The summed E-state index contributed by atoms with van der Waals surface area (Å²) in [5, 5.41) is 18.4. The van der Waals surface area contributed by atoms with Crippen LogP contribution in [0.3, 0.4) is 0 Å². The molecule has 0 fully saturated rings. The Balaban J connectivity index is 0.00000280.